The molecule has 0 aromatic heterocycles. The molecule has 0 fully saturated rings. The number of hydrogen-bond acceptors (Lipinski definition) is 2. The summed E-state index contributed by atoms with van der Waals surface area (Å²) in [6.45, 7) is 7.54. The van der Waals surface area contributed by atoms with Crippen LogP contribution in [0.15, 0.2) is 35.1 Å². The fourth-order valence-electron chi connectivity index (χ4n) is 2.06. The zero-order valence-electron chi connectivity index (χ0n) is 9.79. The molecule has 0 aromatic rings. The molecule has 0 bridgehead atoms. The Morgan fingerprint density at radius 2 is 2.13 bits per heavy atom. The van der Waals surface area contributed by atoms with Crippen LogP contribution in [0.1, 0.15) is 34.1 Å². The van der Waals surface area contributed by atoms with Crippen molar-refractivity contribution >= 4 is 5.78 Å². The van der Waals surface area contributed by atoms with Crippen LogP contribution in [0, 0.1) is 5.41 Å². The van der Waals surface area contributed by atoms with E-state index in [-0.39, 0.29) is 17.0 Å². The zero-order chi connectivity index (χ0) is 11.6. The summed E-state index contributed by atoms with van der Waals surface area (Å²) in [7, 11) is 0. The van der Waals surface area contributed by atoms with Crippen molar-refractivity contribution < 1.29 is 9.90 Å². The van der Waals surface area contributed by atoms with Gasteiger partial charge in [0.25, 0.3) is 0 Å². The summed E-state index contributed by atoms with van der Waals surface area (Å²) in [5.74, 6) is -0.0208. The molecule has 0 aromatic carbocycles. The Balaban J connectivity index is 3.20. The number of hydrogen-bond donors (Lipinski definition) is 1. The van der Waals surface area contributed by atoms with E-state index in [2.05, 4.69) is 19.9 Å². The minimum Gasteiger partial charge on any atom is -0.508 e. The first-order valence-electron chi connectivity index (χ1n) is 5.14. The van der Waals surface area contributed by atoms with E-state index in [0.717, 1.165) is 17.6 Å². The van der Waals surface area contributed by atoms with E-state index < -0.39 is 0 Å². The highest BCUT2D eigenvalue weighted by Crippen LogP contribution is 2.39. The highest BCUT2D eigenvalue weighted by atomic mass is 16.3. The second-order valence-corrected chi connectivity index (χ2v) is 4.69. The predicted molar refractivity (Wildman–Crippen MR) is 61.6 cm³/mol. The normalized spacial score (nSPS) is 20.7. The lowest BCUT2D eigenvalue weighted by atomic mass is 9.75. The van der Waals surface area contributed by atoms with Gasteiger partial charge in [0.15, 0.2) is 5.78 Å². The van der Waals surface area contributed by atoms with Crippen molar-refractivity contribution in [1.82, 2.24) is 0 Å². The van der Waals surface area contributed by atoms with Gasteiger partial charge in [-0.05, 0) is 31.3 Å². The molecule has 0 amide bonds. The van der Waals surface area contributed by atoms with Crippen LogP contribution in [0.25, 0.3) is 0 Å². The van der Waals surface area contributed by atoms with Crippen LogP contribution in [0.5, 0.6) is 0 Å². The predicted octanol–water partition coefficient (Wildman–Crippen LogP) is 3.32. The number of carbonyl (C=O) groups is 1. The summed E-state index contributed by atoms with van der Waals surface area (Å²) in [6, 6.07) is 0. The Morgan fingerprint density at radius 1 is 1.53 bits per heavy atom. The second kappa shape index (κ2) is 4.05. The zero-order valence-corrected chi connectivity index (χ0v) is 9.79. The molecule has 1 aliphatic carbocycles. The first-order chi connectivity index (χ1) is 6.84. The number of rotatable bonds is 2. The SMILES string of the molecule is CC(=O)C=C(O)C1=C(C)C=CCC1(C)C. The van der Waals surface area contributed by atoms with Crippen molar-refractivity contribution in [3.8, 4) is 0 Å². The number of carbonyl (C=O) groups excluding carboxylic acids is 1. The van der Waals surface area contributed by atoms with E-state index in [1.165, 1.54) is 13.0 Å². The largest absolute Gasteiger partial charge is 0.508 e. The molecular weight excluding hydrogens is 188 g/mol. The molecule has 2 heteroatoms. The average Bonchev–Trinajstić information content (AvgIpc) is 1.99. The quantitative estimate of drug-likeness (QED) is 0.556. The lowest BCUT2D eigenvalue weighted by Crippen LogP contribution is -2.19. The number of allylic oxidation sites excluding steroid dienone is 5. The van der Waals surface area contributed by atoms with Gasteiger partial charge >= 0.3 is 0 Å². The molecule has 0 saturated heterocycles. The molecule has 0 spiro atoms. The summed E-state index contributed by atoms with van der Waals surface area (Å²) in [6.07, 6.45) is 6.26. The van der Waals surface area contributed by atoms with Crippen molar-refractivity contribution in [3.63, 3.8) is 0 Å². The van der Waals surface area contributed by atoms with Crippen molar-refractivity contribution in [2.75, 3.05) is 0 Å². The minimum atomic E-state index is -0.127. The second-order valence-electron chi connectivity index (χ2n) is 4.69. The fraction of sp³-hybridized carbons (Fsp3) is 0.462. The van der Waals surface area contributed by atoms with Crippen molar-refractivity contribution in [2.45, 2.75) is 34.1 Å². The minimum absolute atomic E-state index is 0.102. The van der Waals surface area contributed by atoms with E-state index in [0.29, 0.717) is 0 Å². The van der Waals surface area contributed by atoms with Crippen molar-refractivity contribution in [3.05, 3.63) is 35.1 Å². The van der Waals surface area contributed by atoms with Crippen LogP contribution in [0.4, 0.5) is 0 Å². The Hall–Kier alpha value is -1.31. The van der Waals surface area contributed by atoms with Gasteiger partial charge in [0, 0.05) is 11.6 Å². The molecule has 0 unspecified atom stereocenters. The highest BCUT2D eigenvalue weighted by molar-refractivity contribution is 5.88. The van der Waals surface area contributed by atoms with Crippen LogP contribution in [0.2, 0.25) is 0 Å². The number of aliphatic hydroxyl groups excluding tert-OH is 1. The van der Waals surface area contributed by atoms with E-state index in [9.17, 15) is 9.90 Å². The van der Waals surface area contributed by atoms with Crippen LogP contribution >= 0.6 is 0 Å². The molecule has 0 heterocycles. The van der Waals surface area contributed by atoms with E-state index >= 15 is 0 Å². The molecule has 0 atom stereocenters. The lowest BCUT2D eigenvalue weighted by Gasteiger charge is -2.30. The maximum absolute atomic E-state index is 10.9. The maximum atomic E-state index is 10.9. The van der Waals surface area contributed by atoms with Crippen molar-refractivity contribution in [1.29, 1.82) is 0 Å². The molecule has 2 nitrogen and oxygen atoms in total. The van der Waals surface area contributed by atoms with Gasteiger partial charge in [-0.3, -0.25) is 4.79 Å². The summed E-state index contributed by atoms with van der Waals surface area (Å²) in [5.41, 5.74) is 1.80. The third-order valence-electron chi connectivity index (χ3n) is 2.66. The molecule has 82 valence electrons. The smallest absolute Gasteiger partial charge is 0.156 e. The first kappa shape index (κ1) is 11.8. The van der Waals surface area contributed by atoms with E-state index in [1.54, 1.807) is 0 Å². The molecule has 1 aliphatic rings. The summed E-state index contributed by atoms with van der Waals surface area (Å²) in [5, 5.41) is 9.90. The molecule has 0 radical (unpaired) electrons. The van der Waals surface area contributed by atoms with Gasteiger partial charge in [-0.15, -0.1) is 0 Å². The molecule has 0 saturated carbocycles. The third kappa shape index (κ3) is 2.58. The Labute approximate surface area is 91.0 Å². The maximum Gasteiger partial charge on any atom is 0.156 e. The molecule has 1 N–H and O–H groups in total. The van der Waals surface area contributed by atoms with Gasteiger partial charge in [0.1, 0.15) is 5.76 Å². The molecule has 0 aliphatic heterocycles. The van der Waals surface area contributed by atoms with Gasteiger partial charge in [-0.2, -0.15) is 0 Å². The standard InChI is InChI=1S/C13H18O2/c1-9-6-5-7-13(3,4)12(9)11(15)8-10(2)14/h5-6,8,15H,7H2,1-4H3. The van der Waals surface area contributed by atoms with Gasteiger partial charge in [-0.1, -0.05) is 26.0 Å². The first-order valence-corrected chi connectivity index (χ1v) is 5.14. The average molecular weight is 206 g/mol. The lowest BCUT2D eigenvalue weighted by molar-refractivity contribution is -0.112. The summed E-state index contributed by atoms with van der Waals surface area (Å²) >= 11 is 0. The third-order valence-corrected chi connectivity index (χ3v) is 2.66. The highest BCUT2D eigenvalue weighted by Gasteiger charge is 2.28. The van der Waals surface area contributed by atoms with Gasteiger partial charge in [0.05, 0.1) is 0 Å². The fourth-order valence-corrected chi connectivity index (χ4v) is 2.06. The molecule has 15 heavy (non-hydrogen) atoms. The van der Waals surface area contributed by atoms with Gasteiger partial charge < -0.3 is 5.11 Å². The van der Waals surface area contributed by atoms with Gasteiger partial charge in [-0.25, -0.2) is 0 Å². The number of ketones is 1. The van der Waals surface area contributed by atoms with E-state index in [4.69, 9.17) is 0 Å². The Kier molecular flexibility index (Phi) is 3.18. The topological polar surface area (TPSA) is 37.3 Å². The Bertz CT molecular complexity index is 368. The monoisotopic (exact) mass is 206 g/mol. The molecule has 1 rings (SSSR count). The summed E-state index contributed by atoms with van der Waals surface area (Å²) in [4.78, 5) is 10.9. The van der Waals surface area contributed by atoms with Crippen LogP contribution in [-0.4, -0.2) is 10.9 Å². The van der Waals surface area contributed by atoms with Crippen molar-refractivity contribution in [2.24, 2.45) is 5.41 Å². The van der Waals surface area contributed by atoms with E-state index in [1.807, 2.05) is 13.0 Å². The van der Waals surface area contributed by atoms with Crippen LogP contribution in [0.3, 0.4) is 0 Å². The van der Waals surface area contributed by atoms with Gasteiger partial charge in [0.2, 0.25) is 0 Å². The van der Waals surface area contributed by atoms with Crippen LogP contribution < -0.4 is 0 Å². The summed E-state index contributed by atoms with van der Waals surface area (Å²) < 4.78 is 0. The number of aliphatic hydroxyl groups is 1. The molecular formula is C13H18O2. The Morgan fingerprint density at radius 3 is 2.60 bits per heavy atom. The van der Waals surface area contributed by atoms with Crippen LogP contribution in [-0.2, 0) is 4.79 Å².